The Labute approximate surface area is 261 Å². The normalized spacial score (nSPS) is 11.7. The number of rotatable bonds is 10. The number of anilines is 2. The minimum atomic E-state index is -0.701. The third-order valence-electron chi connectivity index (χ3n) is 5.87. The first-order valence-electron chi connectivity index (χ1n) is 12.8. The number of amides is 3. The van der Waals surface area contributed by atoms with Gasteiger partial charge in [0.25, 0.3) is 17.5 Å². The second kappa shape index (κ2) is 14.5. The van der Waals surface area contributed by atoms with Gasteiger partial charge in [-0.3, -0.25) is 24.5 Å². The summed E-state index contributed by atoms with van der Waals surface area (Å²) in [5, 5.41) is 19.9. The molecule has 0 aliphatic rings. The number of carbonyl (C=O) groups is 3. The van der Waals surface area contributed by atoms with E-state index in [-0.39, 0.29) is 22.9 Å². The van der Waals surface area contributed by atoms with E-state index in [0.717, 1.165) is 0 Å². The number of hydrogen-bond acceptors (Lipinski definition) is 6. The van der Waals surface area contributed by atoms with Gasteiger partial charge in [-0.15, -0.1) is 11.8 Å². The standard InChI is InChI=1S/C31H24Cl2N4O5S/c1-19(29(38)35-25-16-22(32)15-23(33)17-25)43-26-12-7-11-24(18-26)34-31(40)27(36-30(39)20-8-3-2-4-9-20)14-21-10-5-6-13-28(21)37(41)42/h2-19H,1H3,(H,34,40)(H,35,38)(H,36,39)/b27-14+. The fraction of sp³-hybridized carbons (Fsp3) is 0.0645. The Bertz CT molecular complexity index is 1700. The monoisotopic (exact) mass is 634 g/mol. The number of nitro benzene ring substituents is 1. The number of para-hydroxylation sites is 1. The molecular formula is C31H24Cl2N4O5S. The summed E-state index contributed by atoms with van der Waals surface area (Å²) in [6, 6.07) is 25.7. The van der Waals surface area contributed by atoms with E-state index in [4.69, 9.17) is 23.2 Å². The minimum absolute atomic E-state index is 0.135. The molecule has 43 heavy (non-hydrogen) atoms. The zero-order valence-electron chi connectivity index (χ0n) is 22.5. The number of carbonyl (C=O) groups excluding carboxylic acids is 3. The molecule has 12 heteroatoms. The Hall–Kier alpha value is -4.64. The quantitative estimate of drug-likeness (QED) is 0.0719. The van der Waals surface area contributed by atoms with E-state index in [1.54, 1.807) is 85.8 Å². The van der Waals surface area contributed by atoms with Crippen molar-refractivity contribution in [1.29, 1.82) is 0 Å². The lowest BCUT2D eigenvalue weighted by molar-refractivity contribution is -0.385. The molecular weight excluding hydrogens is 611 g/mol. The predicted octanol–water partition coefficient (Wildman–Crippen LogP) is 7.43. The van der Waals surface area contributed by atoms with Gasteiger partial charge in [-0.2, -0.15) is 0 Å². The molecule has 4 aromatic carbocycles. The molecule has 1 unspecified atom stereocenters. The molecule has 3 N–H and O–H groups in total. The number of hydrogen-bond donors (Lipinski definition) is 3. The number of halogens is 2. The van der Waals surface area contributed by atoms with E-state index in [2.05, 4.69) is 16.0 Å². The van der Waals surface area contributed by atoms with Crippen LogP contribution in [0.15, 0.2) is 108 Å². The highest BCUT2D eigenvalue weighted by Gasteiger charge is 2.19. The van der Waals surface area contributed by atoms with Crippen molar-refractivity contribution in [2.45, 2.75) is 17.1 Å². The average Bonchev–Trinajstić information content (AvgIpc) is 2.97. The lowest BCUT2D eigenvalue weighted by Gasteiger charge is -2.14. The van der Waals surface area contributed by atoms with Crippen molar-refractivity contribution in [2.24, 2.45) is 0 Å². The summed E-state index contributed by atoms with van der Waals surface area (Å²) in [5.74, 6) is -1.55. The second-order valence-electron chi connectivity index (χ2n) is 9.08. The van der Waals surface area contributed by atoms with Gasteiger partial charge in [0.05, 0.1) is 15.7 Å². The van der Waals surface area contributed by atoms with Crippen molar-refractivity contribution in [2.75, 3.05) is 10.6 Å². The highest BCUT2D eigenvalue weighted by molar-refractivity contribution is 8.00. The molecule has 0 saturated carbocycles. The zero-order chi connectivity index (χ0) is 30.9. The van der Waals surface area contributed by atoms with Gasteiger partial charge in [-0.05, 0) is 67.6 Å². The Morgan fingerprint density at radius 2 is 1.51 bits per heavy atom. The maximum absolute atomic E-state index is 13.4. The van der Waals surface area contributed by atoms with E-state index < -0.39 is 22.0 Å². The van der Waals surface area contributed by atoms with E-state index >= 15 is 0 Å². The molecule has 0 aliphatic carbocycles. The summed E-state index contributed by atoms with van der Waals surface area (Å²) in [6.07, 6.45) is 1.25. The van der Waals surface area contributed by atoms with Crippen LogP contribution in [-0.4, -0.2) is 27.9 Å². The lowest BCUT2D eigenvalue weighted by Crippen LogP contribution is -2.30. The van der Waals surface area contributed by atoms with Crippen LogP contribution in [-0.2, 0) is 9.59 Å². The fourth-order valence-electron chi connectivity index (χ4n) is 3.85. The van der Waals surface area contributed by atoms with Crippen LogP contribution in [0.25, 0.3) is 6.08 Å². The molecule has 4 rings (SSSR count). The van der Waals surface area contributed by atoms with Crippen LogP contribution in [0.3, 0.4) is 0 Å². The highest BCUT2D eigenvalue weighted by atomic mass is 35.5. The van der Waals surface area contributed by atoms with Crippen molar-refractivity contribution < 1.29 is 19.3 Å². The maximum atomic E-state index is 13.4. The molecule has 0 aromatic heterocycles. The van der Waals surface area contributed by atoms with Crippen LogP contribution in [0.5, 0.6) is 0 Å². The molecule has 4 aromatic rings. The number of nitrogens with one attached hydrogen (secondary N) is 3. The third kappa shape index (κ3) is 8.92. The highest BCUT2D eigenvalue weighted by Crippen LogP contribution is 2.28. The van der Waals surface area contributed by atoms with Gasteiger partial charge in [0.2, 0.25) is 5.91 Å². The van der Waals surface area contributed by atoms with Crippen LogP contribution in [0.4, 0.5) is 17.1 Å². The summed E-state index contributed by atoms with van der Waals surface area (Å²) in [7, 11) is 0. The van der Waals surface area contributed by atoms with Gasteiger partial charge in [0, 0.05) is 37.9 Å². The fourth-order valence-corrected chi connectivity index (χ4v) is 5.30. The van der Waals surface area contributed by atoms with Crippen molar-refractivity contribution >= 4 is 75.8 Å². The van der Waals surface area contributed by atoms with Gasteiger partial charge in [0.15, 0.2) is 0 Å². The van der Waals surface area contributed by atoms with Crippen molar-refractivity contribution in [1.82, 2.24) is 5.32 Å². The molecule has 0 aliphatic heterocycles. The first-order chi connectivity index (χ1) is 20.6. The first-order valence-corrected chi connectivity index (χ1v) is 14.4. The Morgan fingerprint density at radius 1 is 0.837 bits per heavy atom. The Kier molecular flexibility index (Phi) is 10.6. The van der Waals surface area contributed by atoms with Crippen LogP contribution in [0, 0.1) is 10.1 Å². The minimum Gasteiger partial charge on any atom is -0.325 e. The summed E-state index contributed by atoms with van der Waals surface area (Å²) in [6.45, 7) is 1.73. The number of nitro groups is 1. The predicted molar refractivity (Wildman–Crippen MR) is 170 cm³/mol. The van der Waals surface area contributed by atoms with E-state index in [1.807, 2.05) is 0 Å². The molecule has 218 valence electrons. The van der Waals surface area contributed by atoms with Gasteiger partial charge < -0.3 is 16.0 Å². The van der Waals surface area contributed by atoms with Crippen LogP contribution in [0.2, 0.25) is 10.0 Å². The van der Waals surface area contributed by atoms with Crippen molar-refractivity contribution in [3.05, 3.63) is 134 Å². The Morgan fingerprint density at radius 3 is 2.21 bits per heavy atom. The molecule has 1 atom stereocenters. The summed E-state index contributed by atoms with van der Waals surface area (Å²) in [4.78, 5) is 50.8. The van der Waals surface area contributed by atoms with E-state index in [0.29, 0.717) is 31.9 Å². The van der Waals surface area contributed by atoms with Crippen molar-refractivity contribution in [3.63, 3.8) is 0 Å². The molecule has 0 heterocycles. The second-order valence-corrected chi connectivity index (χ2v) is 11.4. The largest absolute Gasteiger partial charge is 0.325 e. The summed E-state index contributed by atoms with van der Waals surface area (Å²) < 4.78 is 0. The van der Waals surface area contributed by atoms with Gasteiger partial charge in [-0.25, -0.2) is 0 Å². The van der Waals surface area contributed by atoms with Crippen LogP contribution < -0.4 is 16.0 Å². The number of thioether (sulfide) groups is 1. The topological polar surface area (TPSA) is 130 Å². The molecule has 0 spiro atoms. The zero-order valence-corrected chi connectivity index (χ0v) is 24.9. The van der Waals surface area contributed by atoms with Crippen LogP contribution in [0.1, 0.15) is 22.8 Å². The molecule has 0 bridgehead atoms. The SMILES string of the molecule is CC(Sc1cccc(NC(=O)/C(=C\c2ccccc2[N+](=O)[O-])NC(=O)c2ccccc2)c1)C(=O)Nc1cc(Cl)cc(Cl)c1. The lowest BCUT2D eigenvalue weighted by atomic mass is 10.1. The molecule has 0 saturated heterocycles. The van der Waals surface area contributed by atoms with Gasteiger partial charge >= 0.3 is 0 Å². The van der Waals surface area contributed by atoms with Gasteiger partial charge in [-0.1, -0.05) is 59.6 Å². The number of benzene rings is 4. The van der Waals surface area contributed by atoms with E-state index in [1.165, 1.54) is 36.0 Å². The third-order valence-corrected chi connectivity index (χ3v) is 7.40. The van der Waals surface area contributed by atoms with Gasteiger partial charge in [0.1, 0.15) is 5.70 Å². The molecule has 3 amide bonds. The first kappa shape index (κ1) is 31.3. The summed E-state index contributed by atoms with van der Waals surface area (Å²) in [5.41, 5.74) is 0.852. The van der Waals surface area contributed by atoms with E-state index in [9.17, 15) is 24.5 Å². The average molecular weight is 636 g/mol. The Balaban J connectivity index is 1.52. The van der Waals surface area contributed by atoms with Crippen molar-refractivity contribution in [3.8, 4) is 0 Å². The smallest absolute Gasteiger partial charge is 0.276 e. The molecule has 9 nitrogen and oxygen atoms in total. The summed E-state index contributed by atoms with van der Waals surface area (Å²) >= 11 is 13.3. The maximum Gasteiger partial charge on any atom is 0.276 e. The van der Waals surface area contributed by atoms with Crippen LogP contribution >= 0.6 is 35.0 Å². The molecule has 0 radical (unpaired) electrons. The number of nitrogens with zero attached hydrogens (tertiary/aromatic N) is 1. The molecule has 0 fully saturated rings.